The summed E-state index contributed by atoms with van der Waals surface area (Å²) in [5.74, 6) is -0.663. The van der Waals surface area contributed by atoms with Crippen LogP contribution in [0.2, 0.25) is 0 Å². The van der Waals surface area contributed by atoms with Crippen molar-refractivity contribution >= 4 is 23.4 Å². The van der Waals surface area contributed by atoms with E-state index in [-0.39, 0.29) is 17.6 Å². The van der Waals surface area contributed by atoms with Gasteiger partial charge in [-0.15, -0.1) is 11.3 Å². The second-order valence-electron chi connectivity index (χ2n) is 3.78. The van der Waals surface area contributed by atoms with Crippen molar-refractivity contribution in [3.63, 3.8) is 0 Å². The van der Waals surface area contributed by atoms with Gasteiger partial charge in [-0.05, 0) is 12.5 Å². The van der Waals surface area contributed by atoms with Crippen LogP contribution in [0.5, 0.6) is 5.75 Å². The first-order valence-corrected chi connectivity index (χ1v) is 6.35. The molecule has 0 aliphatic carbocycles. The number of amides is 1. The number of cyclic esters (lactones) is 1. The minimum atomic E-state index is -1.00. The van der Waals surface area contributed by atoms with E-state index in [0.29, 0.717) is 12.3 Å². The van der Waals surface area contributed by atoms with Crippen LogP contribution in [-0.4, -0.2) is 36.4 Å². The number of aryl methyl sites for hydroxylation is 1. The summed E-state index contributed by atoms with van der Waals surface area (Å²) in [5, 5.41) is 11.5. The minimum Gasteiger partial charge on any atom is -0.488 e. The molecule has 0 spiro atoms. The van der Waals surface area contributed by atoms with Crippen LogP contribution in [0.15, 0.2) is 6.07 Å². The van der Waals surface area contributed by atoms with E-state index in [2.05, 4.69) is 5.32 Å². The zero-order chi connectivity index (χ0) is 13.1. The molecule has 18 heavy (non-hydrogen) atoms. The lowest BCUT2D eigenvalue weighted by atomic mass is 10.3. The highest BCUT2D eigenvalue weighted by atomic mass is 32.1. The summed E-state index contributed by atoms with van der Waals surface area (Å²) in [7, 11) is 0. The van der Waals surface area contributed by atoms with E-state index in [0.717, 1.165) is 11.3 Å². The molecule has 1 aromatic rings. The fourth-order valence-electron chi connectivity index (χ4n) is 1.56. The molecule has 1 aliphatic rings. The summed E-state index contributed by atoms with van der Waals surface area (Å²) in [4.78, 5) is 23.0. The second kappa shape index (κ2) is 5.26. The predicted octanol–water partition coefficient (Wildman–Crippen LogP) is 1.50. The topological polar surface area (TPSA) is 84.9 Å². The Morgan fingerprint density at radius 2 is 2.50 bits per heavy atom. The molecule has 1 aromatic heterocycles. The summed E-state index contributed by atoms with van der Waals surface area (Å²) in [5.41, 5.74) is 0. The molecule has 98 valence electrons. The van der Waals surface area contributed by atoms with Crippen LogP contribution in [0.4, 0.5) is 4.79 Å². The molecule has 1 saturated heterocycles. The Kier molecular flexibility index (Phi) is 3.71. The van der Waals surface area contributed by atoms with Gasteiger partial charge in [0.2, 0.25) is 0 Å². The molecule has 6 nitrogen and oxygen atoms in total. The van der Waals surface area contributed by atoms with Crippen molar-refractivity contribution in [2.75, 3.05) is 13.2 Å². The molecule has 0 aromatic carbocycles. The standard InChI is InChI=1S/C11H13NO5S/c1-2-7-3-8(9(18-7)10(13)14)16-5-6-4-12-11(15)17-6/h3,6H,2,4-5H2,1H3,(H,12,15)(H,13,14). The maximum absolute atomic E-state index is 11.0. The van der Waals surface area contributed by atoms with E-state index in [9.17, 15) is 9.59 Å². The quantitative estimate of drug-likeness (QED) is 0.847. The molecule has 0 bridgehead atoms. The van der Waals surface area contributed by atoms with Gasteiger partial charge in [0.05, 0.1) is 6.54 Å². The minimum absolute atomic E-state index is 0.152. The SMILES string of the molecule is CCc1cc(OCC2CNC(=O)O2)c(C(=O)O)s1. The predicted molar refractivity (Wildman–Crippen MR) is 64.4 cm³/mol. The van der Waals surface area contributed by atoms with E-state index in [1.807, 2.05) is 6.92 Å². The molecule has 0 radical (unpaired) electrons. The lowest BCUT2D eigenvalue weighted by molar-refractivity contribution is 0.0690. The highest BCUT2D eigenvalue weighted by molar-refractivity contribution is 7.14. The number of alkyl carbamates (subject to hydrolysis) is 1. The summed E-state index contributed by atoms with van der Waals surface area (Å²) < 4.78 is 10.3. The zero-order valence-electron chi connectivity index (χ0n) is 9.76. The van der Waals surface area contributed by atoms with Gasteiger partial charge in [0, 0.05) is 4.88 Å². The van der Waals surface area contributed by atoms with Crippen molar-refractivity contribution in [3.8, 4) is 5.75 Å². The van der Waals surface area contributed by atoms with Gasteiger partial charge < -0.3 is 19.9 Å². The molecule has 1 amide bonds. The summed E-state index contributed by atoms with van der Waals surface area (Å²) >= 11 is 1.20. The van der Waals surface area contributed by atoms with Crippen molar-refractivity contribution in [2.45, 2.75) is 19.4 Å². The van der Waals surface area contributed by atoms with Crippen LogP contribution in [0, 0.1) is 0 Å². The number of aromatic carboxylic acids is 1. The lowest BCUT2D eigenvalue weighted by Crippen LogP contribution is -2.22. The number of carbonyl (C=O) groups excluding carboxylic acids is 1. The number of hydrogen-bond acceptors (Lipinski definition) is 5. The highest BCUT2D eigenvalue weighted by Gasteiger charge is 2.24. The van der Waals surface area contributed by atoms with Gasteiger partial charge in [-0.2, -0.15) is 0 Å². The monoisotopic (exact) mass is 271 g/mol. The summed E-state index contributed by atoms with van der Waals surface area (Å²) in [6.07, 6.45) is -0.0837. The average Bonchev–Trinajstić information content (AvgIpc) is 2.92. The molecule has 1 unspecified atom stereocenters. The third-order valence-electron chi connectivity index (χ3n) is 2.46. The number of carbonyl (C=O) groups is 2. The van der Waals surface area contributed by atoms with Gasteiger partial charge in [0.1, 0.15) is 12.4 Å². The van der Waals surface area contributed by atoms with Gasteiger partial charge in [-0.25, -0.2) is 9.59 Å². The number of thiophene rings is 1. The molecule has 2 heterocycles. The number of rotatable bonds is 5. The second-order valence-corrected chi connectivity index (χ2v) is 4.92. The average molecular weight is 271 g/mol. The van der Waals surface area contributed by atoms with Crippen molar-refractivity contribution in [2.24, 2.45) is 0 Å². The van der Waals surface area contributed by atoms with Gasteiger partial charge >= 0.3 is 12.1 Å². The van der Waals surface area contributed by atoms with Crippen molar-refractivity contribution in [3.05, 3.63) is 15.8 Å². The van der Waals surface area contributed by atoms with Crippen molar-refractivity contribution < 1.29 is 24.2 Å². The van der Waals surface area contributed by atoms with Crippen LogP contribution in [-0.2, 0) is 11.2 Å². The van der Waals surface area contributed by atoms with E-state index in [1.165, 1.54) is 11.3 Å². The highest BCUT2D eigenvalue weighted by Crippen LogP contribution is 2.30. The third-order valence-corrected chi connectivity index (χ3v) is 3.71. The molecular weight excluding hydrogens is 258 g/mol. The first-order chi connectivity index (χ1) is 8.60. The Balaban J connectivity index is 2.01. The number of nitrogens with one attached hydrogen (secondary N) is 1. The Hall–Kier alpha value is -1.76. The molecule has 1 fully saturated rings. The maximum atomic E-state index is 11.0. The van der Waals surface area contributed by atoms with Crippen LogP contribution in [0.1, 0.15) is 21.5 Å². The fraction of sp³-hybridized carbons (Fsp3) is 0.455. The fourth-order valence-corrected chi connectivity index (χ4v) is 2.44. The molecule has 2 rings (SSSR count). The Labute approximate surface area is 108 Å². The smallest absolute Gasteiger partial charge is 0.407 e. The van der Waals surface area contributed by atoms with Crippen LogP contribution >= 0.6 is 11.3 Å². The Morgan fingerprint density at radius 1 is 1.72 bits per heavy atom. The van der Waals surface area contributed by atoms with Crippen molar-refractivity contribution in [1.29, 1.82) is 0 Å². The van der Waals surface area contributed by atoms with Gasteiger partial charge in [0.25, 0.3) is 0 Å². The molecular formula is C11H13NO5S. The van der Waals surface area contributed by atoms with Crippen LogP contribution in [0.3, 0.4) is 0 Å². The first kappa shape index (κ1) is 12.7. The number of carboxylic acid groups (broad SMARTS) is 1. The Bertz CT molecular complexity index is 470. The van der Waals surface area contributed by atoms with Crippen LogP contribution < -0.4 is 10.1 Å². The van der Waals surface area contributed by atoms with Gasteiger partial charge in [-0.3, -0.25) is 0 Å². The zero-order valence-corrected chi connectivity index (χ0v) is 10.6. The molecule has 1 atom stereocenters. The van der Waals surface area contributed by atoms with E-state index >= 15 is 0 Å². The van der Waals surface area contributed by atoms with E-state index in [4.69, 9.17) is 14.6 Å². The number of carboxylic acids is 1. The molecule has 1 aliphatic heterocycles. The van der Waals surface area contributed by atoms with Gasteiger partial charge in [-0.1, -0.05) is 6.92 Å². The summed E-state index contributed by atoms with van der Waals surface area (Å²) in [6, 6.07) is 1.72. The first-order valence-electron chi connectivity index (χ1n) is 5.53. The number of hydrogen-bond donors (Lipinski definition) is 2. The van der Waals surface area contributed by atoms with Crippen LogP contribution in [0.25, 0.3) is 0 Å². The molecule has 2 N–H and O–H groups in total. The normalized spacial score (nSPS) is 18.3. The van der Waals surface area contributed by atoms with E-state index < -0.39 is 12.1 Å². The third kappa shape index (κ3) is 2.73. The summed E-state index contributed by atoms with van der Waals surface area (Å²) in [6.45, 7) is 2.48. The maximum Gasteiger partial charge on any atom is 0.407 e. The van der Waals surface area contributed by atoms with E-state index in [1.54, 1.807) is 6.07 Å². The number of ether oxygens (including phenoxy) is 2. The van der Waals surface area contributed by atoms with Gasteiger partial charge in [0.15, 0.2) is 11.0 Å². The molecule has 0 saturated carbocycles. The Morgan fingerprint density at radius 3 is 3.06 bits per heavy atom. The lowest BCUT2D eigenvalue weighted by Gasteiger charge is -2.09. The molecule has 7 heteroatoms. The van der Waals surface area contributed by atoms with Crippen molar-refractivity contribution in [1.82, 2.24) is 5.32 Å². The largest absolute Gasteiger partial charge is 0.488 e.